The number of hydrogen-bond acceptors (Lipinski definition) is 3. The van der Waals surface area contributed by atoms with Crippen LogP contribution in [0, 0.1) is 0 Å². The van der Waals surface area contributed by atoms with E-state index in [1.807, 2.05) is 24.3 Å². The molecule has 0 bridgehead atoms. The first-order valence-electron chi connectivity index (χ1n) is 7.95. The van der Waals surface area contributed by atoms with Gasteiger partial charge in [0.25, 0.3) is 0 Å². The standard InChI is InChI=1S/C20H17NO2/c22-20-17-8-4-5-9-18(17)21-19(23-20)16-12-10-15(11-13-16)14-6-2-1-3-7-14/h1-9,12,15H,10-11,13H2. The smallest absolute Gasteiger partial charge is 0.347 e. The van der Waals surface area contributed by atoms with Gasteiger partial charge in [-0.3, -0.25) is 0 Å². The van der Waals surface area contributed by atoms with Gasteiger partial charge in [0.1, 0.15) is 0 Å². The molecule has 1 atom stereocenters. The summed E-state index contributed by atoms with van der Waals surface area (Å²) in [5.41, 5.74) is 2.80. The van der Waals surface area contributed by atoms with Gasteiger partial charge >= 0.3 is 5.63 Å². The Hall–Kier alpha value is -2.68. The highest BCUT2D eigenvalue weighted by Crippen LogP contribution is 2.35. The normalized spacial score (nSPS) is 17.9. The van der Waals surface area contributed by atoms with E-state index in [9.17, 15) is 4.79 Å². The van der Waals surface area contributed by atoms with Crippen LogP contribution in [0.1, 0.15) is 36.6 Å². The van der Waals surface area contributed by atoms with E-state index in [0.717, 1.165) is 24.8 Å². The van der Waals surface area contributed by atoms with E-state index in [-0.39, 0.29) is 5.63 Å². The minimum atomic E-state index is -0.309. The number of allylic oxidation sites excluding steroid dienone is 2. The molecule has 3 nitrogen and oxygen atoms in total. The zero-order chi connectivity index (χ0) is 15.6. The SMILES string of the molecule is O=c1oc(C2=CCC(c3ccccc3)CC2)nc2ccccc12. The van der Waals surface area contributed by atoms with Crippen LogP contribution in [0.3, 0.4) is 0 Å². The Bertz CT molecular complexity index is 925. The predicted octanol–water partition coefficient (Wildman–Crippen LogP) is 4.54. The van der Waals surface area contributed by atoms with Crippen LogP contribution < -0.4 is 5.63 Å². The molecular formula is C20H17NO2. The fourth-order valence-electron chi connectivity index (χ4n) is 3.21. The van der Waals surface area contributed by atoms with E-state index in [1.165, 1.54) is 5.56 Å². The van der Waals surface area contributed by atoms with Crippen molar-refractivity contribution in [3.05, 3.63) is 82.5 Å². The topological polar surface area (TPSA) is 43.1 Å². The third-order valence-corrected chi connectivity index (χ3v) is 4.49. The summed E-state index contributed by atoms with van der Waals surface area (Å²) in [6, 6.07) is 17.9. The lowest BCUT2D eigenvalue weighted by Crippen LogP contribution is -2.08. The van der Waals surface area contributed by atoms with Gasteiger partial charge in [-0.15, -0.1) is 0 Å². The predicted molar refractivity (Wildman–Crippen MR) is 91.3 cm³/mol. The molecule has 4 rings (SSSR count). The van der Waals surface area contributed by atoms with Crippen LogP contribution in [0.4, 0.5) is 0 Å². The van der Waals surface area contributed by atoms with Crippen LogP contribution in [0.5, 0.6) is 0 Å². The van der Waals surface area contributed by atoms with Crippen molar-refractivity contribution < 1.29 is 4.42 Å². The molecule has 0 N–H and O–H groups in total. The molecule has 0 saturated carbocycles. The summed E-state index contributed by atoms with van der Waals surface area (Å²) < 4.78 is 5.44. The molecule has 0 aliphatic heterocycles. The van der Waals surface area contributed by atoms with E-state index >= 15 is 0 Å². The first-order valence-corrected chi connectivity index (χ1v) is 7.95. The fourth-order valence-corrected chi connectivity index (χ4v) is 3.21. The Kier molecular flexibility index (Phi) is 3.54. The van der Waals surface area contributed by atoms with E-state index < -0.39 is 0 Å². The molecule has 0 amide bonds. The summed E-state index contributed by atoms with van der Waals surface area (Å²) in [6.45, 7) is 0. The van der Waals surface area contributed by atoms with Gasteiger partial charge in [-0.25, -0.2) is 9.78 Å². The lowest BCUT2D eigenvalue weighted by Gasteiger charge is -2.21. The average Bonchev–Trinajstić information content (AvgIpc) is 2.63. The third kappa shape index (κ3) is 2.70. The second-order valence-electron chi connectivity index (χ2n) is 5.93. The molecule has 0 radical (unpaired) electrons. The van der Waals surface area contributed by atoms with Crippen LogP contribution in [0.25, 0.3) is 16.5 Å². The van der Waals surface area contributed by atoms with Crippen LogP contribution in [-0.4, -0.2) is 4.98 Å². The number of hydrogen-bond donors (Lipinski definition) is 0. The molecular weight excluding hydrogens is 286 g/mol. The maximum atomic E-state index is 12.1. The van der Waals surface area contributed by atoms with Gasteiger partial charge in [0.15, 0.2) is 0 Å². The summed E-state index contributed by atoms with van der Waals surface area (Å²) in [7, 11) is 0. The monoisotopic (exact) mass is 303 g/mol. The lowest BCUT2D eigenvalue weighted by molar-refractivity contribution is 0.478. The van der Waals surface area contributed by atoms with Crippen molar-refractivity contribution in [2.75, 3.05) is 0 Å². The molecule has 114 valence electrons. The Labute approximate surface area is 134 Å². The van der Waals surface area contributed by atoms with Crippen molar-refractivity contribution in [2.24, 2.45) is 0 Å². The Morgan fingerprint density at radius 3 is 2.57 bits per heavy atom. The summed E-state index contributed by atoms with van der Waals surface area (Å²) in [5.74, 6) is 1.01. The Balaban J connectivity index is 1.65. The molecule has 0 saturated heterocycles. The van der Waals surface area contributed by atoms with Gasteiger partial charge in [-0.1, -0.05) is 48.5 Å². The lowest BCUT2D eigenvalue weighted by atomic mass is 9.84. The molecule has 23 heavy (non-hydrogen) atoms. The van der Waals surface area contributed by atoms with Crippen molar-refractivity contribution in [1.29, 1.82) is 0 Å². The molecule has 1 aliphatic carbocycles. The molecule has 3 heteroatoms. The third-order valence-electron chi connectivity index (χ3n) is 4.49. The van der Waals surface area contributed by atoms with Crippen molar-refractivity contribution >= 4 is 16.5 Å². The molecule has 1 heterocycles. The number of fused-ring (bicyclic) bond motifs is 1. The highest BCUT2D eigenvalue weighted by atomic mass is 16.4. The molecule has 1 unspecified atom stereocenters. The van der Waals surface area contributed by atoms with Gasteiger partial charge < -0.3 is 4.42 Å². The summed E-state index contributed by atoms with van der Waals surface area (Å²) in [6.07, 6.45) is 5.06. The minimum Gasteiger partial charge on any atom is -0.403 e. The maximum absolute atomic E-state index is 12.1. The van der Waals surface area contributed by atoms with Crippen LogP contribution >= 0.6 is 0 Å². The van der Waals surface area contributed by atoms with Gasteiger partial charge in [-0.2, -0.15) is 0 Å². The van der Waals surface area contributed by atoms with E-state index in [4.69, 9.17) is 4.42 Å². The van der Waals surface area contributed by atoms with Gasteiger partial charge in [0, 0.05) is 5.57 Å². The number of rotatable bonds is 2. The second kappa shape index (κ2) is 5.84. The van der Waals surface area contributed by atoms with Crippen molar-refractivity contribution in [3.63, 3.8) is 0 Å². The van der Waals surface area contributed by atoms with Gasteiger partial charge in [0.2, 0.25) is 5.89 Å². The number of para-hydroxylation sites is 1. The van der Waals surface area contributed by atoms with Gasteiger partial charge in [0.05, 0.1) is 10.9 Å². The van der Waals surface area contributed by atoms with Crippen molar-refractivity contribution in [2.45, 2.75) is 25.2 Å². The summed E-state index contributed by atoms with van der Waals surface area (Å²) in [5, 5.41) is 0.537. The molecule has 0 spiro atoms. The maximum Gasteiger partial charge on any atom is 0.347 e. The highest BCUT2D eigenvalue weighted by Gasteiger charge is 2.19. The van der Waals surface area contributed by atoms with Crippen LogP contribution in [0.2, 0.25) is 0 Å². The number of benzene rings is 2. The average molecular weight is 303 g/mol. The Morgan fingerprint density at radius 1 is 1.00 bits per heavy atom. The molecule has 1 aliphatic rings. The van der Waals surface area contributed by atoms with Gasteiger partial charge in [-0.05, 0) is 42.9 Å². The quantitative estimate of drug-likeness (QED) is 0.698. The summed E-state index contributed by atoms with van der Waals surface area (Å²) in [4.78, 5) is 16.6. The zero-order valence-corrected chi connectivity index (χ0v) is 12.7. The van der Waals surface area contributed by atoms with E-state index in [2.05, 4.69) is 35.3 Å². The van der Waals surface area contributed by atoms with Crippen LogP contribution in [0.15, 0.2) is 69.9 Å². The van der Waals surface area contributed by atoms with Crippen molar-refractivity contribution in [1.82, 2.24) is 4.98 Å². The molecule has 3 aromatic rings. The fraction of sp³-hybridized carbons (Fsp3) is 0.200. The number of nitrogens with zero attached hydrogens (tertiary/aromatic N) is 1. The molecule has 2 aromatic carbocycles. The first-order chi connectivity index (χ1) is 11.3. The second-order valence-corrected chi connectivity index (χ2v) is 5.93. The molecule has 0 fully saturated rings. The zero-order valence-electron chi connectivity index (χ0n) is 12.7. The molecule has 1 aromatic heterocycles. The Morgan fingerprint density at radius 2 is 1.78 bits per heavy atom. The first kappa shape index (κ1) is 13.9. The summed E-state index contributed by atoms with van der Waals surface area (Å²) >= 11 is 0. The highest BCUT2D eigenvalue weighted by molar-refractivity contribution is 5.78. The van der Waals surface area contributed by atoms with Crippen molar-refractivity contribution in [3.8, 4) is 0 Å². The minimum absolute atomic E-state index is 0.309. The number of aromatic nitrogens is 1. The van der Waals surface area contributed by atoms with E-state index in [0.29, 0.717) is 22.7 Å². The van der Waals surface area contributed by atoms with Crippen LogP contribution in [-0.2, 0) is 0 Å². The largest absolute Gasteiger partial charge is 0.403 e. The van der Waals surface area contributed by atoms with E-state index in [1.54, 1.807) is 6.07 Å².